The second-order valence-corrected chi connectivity index (χ2v) is 10.6. The Morgan fingerprint density at radius 3 is 2.48 bits per heavy atom. The van der Waals surface area contributed by atoms with Crippen LogP contribution in [0.1, 0.15) is 11.4 Å². The van der Waals surface area contributed by atoms with Gasteiger partial charge in [-0.1, -0.05) is 51.5 Å². The molecule has 1 amide bonds. The van der Waals surface area contributed by atoms with Crippen molar-refractivity contribution in [2.24, 2.45) is 0 Å². The van der Waals surface area contributed by atoms with Crippen molar-refractivity contribution in [3.05, 3.63) is 77.0 Å². The first-order chi connectivity index (χ1) is 14.8. The number of halogens is 1. The molecule has 0 aliphatic heterocycles. The van der Waals surface area contributed by atoms with Crippen molar-refractivity contribution in [3.63, 3.8) is 0 Å². The van der Waals surface area contributed by atoms with E-state index in [2.05, 4.69) is 38.0 Å². The molecule has 0 spiro atoms. The number of nitrogens with one attached hydrogen (secondary N) is 1. The van der Waals surface area contributed by atoms with E-state index in [1.165, 1.54) is 11.8 Å². The minimum absolute atomic E-state index is 0.107. The van der Waals surface area contributed by atoms with Crippen molar-refractivity contribution in [2.45, 2.75) is 29.3 Å². The summed E-state index contributed by atoms with van der Waals surface area (Å²) in [4.78, 5) is 12.5. The zero-order valence-corrected chi connectivity index (χ0v) is 20.0. The van der Waals surface area contributed by atoms with Crippen LogP contribution in [-0.2, 0) is 26.9 Å². The number of sulfone groups is 1. The Morgan fingerprint density at radius 2 is 1.84 bits per heavy atom. The number of hydrogen-bond donors (Lipinski definition) is 1. The van der Waals surface area contributed by atoms with Gasteiger partial charge in [-0.2, -0.15) is 0 Å². The smallest absolute Gasteiger partial charge is 0.234 e. The van der Waals surface area contributed by atoms with Crippen LogP contribution in [0.3, 0.4) is 0 Å². The molecule has 3 aromatic rings. The Morgan fingerprint density at radius 1 is 1.16 bits per heavy atom. The van der Waals surface area contributed by atoms with E-state index in [0.717, 1.165) is 10.0 Å². The largest absolute Gasteiger partial charge is 0.325 e. The average molecular weight is 521 g/mol. The highest BCUT2D eigenvalue weighted by Gasteiger charge is 2.21. The van der Waals surface area contributed by atoms with Crippen LogP contribution >= 0.6 is 27.7 Å². The molecule has 0 saturated carbocycles. The predicted molar refractivity (Wildman–Crippen MR) is 126 cm³/mol. The Balaban J connectivity index is 1.71. The van der Waals surface area contributed by atoms with Gasteiger partial charge in [0.25, 0.3) is 0 Å². The number of carbonyl (C=O) groups is 1. The maximum atomic E-state index is 12.8. The molecule has 31 heavy (non-hydrogen) atoms. The number of anilines is 1. The predicted octanol–water partition coefficient (Wildman–Crippen LogP) is 4.24. The van der Waals surface area contributed by atoms with Gasteiger partial charge < -0.3 is 9.88 Å². The molecule has 3 rings (SSSR count). The molecule has 0 atom stereocenters. The van der Waals surface area contributed by atoms with Crippen LogP contribution in [0.15, 0.2) is 75.7 Å². The zero-order chi connectivity index (χ0) is 22.4. The highest BCUT2D eigenvalue weighted by molar-refractivity contribution is 9.10. The topological polar surface area (TPSA) is 93.9 Å². The van der Waals surface area contributed by atoms with Crippen LogP contribution in [0, 0.1) is 6.92 Å². The fourth-order valence-corrected chi connectivity index (χ4v) is 5.01. The number of aromatic nitrogens is 3. The SMILES string of the molecule is C=CCn1c(CS(=O)(=O)c2ccc(C)cc2)nnc1SCC(=O)Nc1ccc(Br)cc1. The highest BCUT2D eigenvalue weighted by Crippen LogP contribution is 2.22. The number of hydrogen-bond acceptors (Lipinski definition) is 6. The van der Waals surface area contributed by atoms with Gasteiger partial charge in [-0.25, -0.2) is 8.42 Å². The number of nitrogens with zero attached hydrogens (tertiary/aromatic N) is 3. The average Bonchev–Trinajstić information content (AvgIpc) is 3.09. The van der Waals surface area contributed by atoms with Crippen molar-refractivity contribution in [2.75, 3.05) is 11.1 Å². The summed E-state index contributed by atoms with van der Waals surface area (Å²) < 4.78 is 28.2. The van der Waals surface area contributed by atoms with Crippen molar-refractivity contribution >= 4 is 49.1 Å². The van der Waals surface area contributed by atoms with Crippen molar-refractivity contribution in [3.8, 4) is 0 Å². The molecule has 0 unspecified atom stereocenters. The van der Waals surface area contributed by atoms with Gasteiger partial charge in [-0.05, 0) is 43.3 Å². The molecule has 0 bridgehead atoms. The number of carbonyl (C=O) groups excluding carboxylic acids is 1. The van der Waals surface area contributed by atoms with Crippen LogP contribution in [0.25, 0.3) is 0 Å². The lowest BCUT2D eigenvalue weighted by Gasteiger charge is -2.09. The number of rotatable bonds is 9. The van der Waals surface area contributed by atoms with Gasteiger partial charge in [-0.3, -0.25) is 4.79 Å². The first kappa shape index (κ1) is 23.2. The van der Waals surface area contributed by atoms with Crippen LogP contribution in [0.5, 0.6) is 0 Å². The summed E-state index contributed by atoms with van der Waals surface area (Å²) in [5.41, 5.74) is 1.67. The van der Waals surface area contributed by atoms with E-state index < -0.39 is 9.84 Å². The Hall–Kier alpha value is -2.43. The van der Waals surface area contributed by atoms with E-state index in [0.29, 0.717) is 23.2 Å². The minimum atomic E-state index is -3.58. The van der Waals surface area contributed by atoms with E-state index in [1.807, 2.05) is 19.1 Å². The summed E-state index contributed by atoms with van der Waals surface area (Å²) in [5, 5.41) is 11.4. The molecule has 0 aliphatic rings. The first-order valence-corrected chi connectivity index (χ1v) is 12.7. The molecule has 1 heterocycles. The standard InChI is InChI=1S/C21H21BrN4O3S2/c1-3-12-26-19(14-31(28,29)18-10-4-15(2)5-11-18)24-25-21(26)30-13-20(27)23-17-8-6-16(22)7-9-17/h3-11H,1,12-14H2,2H3,(H,23,27). The van der Waals surface area contributed by atoms with E-state index in [-0.39, 0.29) is 22.3 Å². The van der Waals surface area contributed by atoms with E-state index in [9.17, 15) is 13.2 Å². The third-order valence-electron chi connectivity index (χ3n) is 4.26. The third kappa shape index (κ3) is 6.28. The van der Waals surface area contributed by atoms with Crippen molar-refractivity contribution in [1.29, 1.82) is 0 Å². The number of thioether (sulfide) groups is 1. The Bertz CT molecular complexity index is 1170. The quantitative estimate of drug-likeness (QED) is 0.335. The molecule has 1 aromatic heterocycles. The number of benzene rings is 2. The fraction of sp³-hybridized carbons (Fsp3) is 0.190. The summed E-state index contributed by atoms with van der Waals surface area (Å²) in [6.07, 6.45) is 1.64. The van der Waals surface area contributed by atoms with Crippen LogP contribution in [0.2, 0.25) is 0 Å². The lowest BCUT2D eigenvalue weighted by molar-refractivity contribution is -0.113. The van der Waals surface area contributed by atoms with E-state index in [4.69, 9.17) is 0 Å². The molecule has 0 radical (unpaired) electrons. The van der Waals surface area contributed by atoms with Crippen LogP contribution in [0.4, 0.5) is 5.69 Å². The Labute approximate surface area is 194 Å². The number of aryl methyl sites for hydroxylation is 1. The van der Waals surface area contributed by atoms with Gasteiger partial charge in [0.1, 0.15) is 11.6 Å². The van der Waals surface area contributed by atoms with Crippen molar-refractivity contribution < 1.29 is 13.2 Å². The molecule has 0 saturated heterocycles. The van der Waals surface area contributed by atoms with Gasteiger partial charge >= 0.3 is 0 Å². The fourth-order valence-electron chi connectivity index (χ4n) is 2.70. The number of amides is 1. The summed E-state index contributed by atoms with van der Waals surface area (Å²) in [7, 11) is -3.58. The molecule has 0 fully saturated rings. The summed E-state index contributed by atoms with van der Waals surface area (Å²) >= 11 is 4.54. The van der Waals surface area contributed by atoms with E-state index >= 15 is 0 Å². The highest BCUT2D eigenvalue weighted by atomic mass is 79.9. The summed E-state index contributed by atoms with van der Waals surface area (Å²) in [6.45, 7) is 5.95. The van der Waals surface area contributed by atoms with E-state index in [1.54, 1.807) is 47.0 Å². The minimum Gasteiger partial charge on any atom is -0.325 e. The number of allylic oxidation sites excluding steroid dienone is 1. The van der Waals surface area contributed by atoms with Gasteiger partial charge in [-0.15, -0.1) is 16.8 Å². The second kappa shape index (κ2) is 10.3. The van der Waals surface area contributed by atoms with Gasteiger partial charge in [0.15, 0.2) is 15.0 Å². The zero-order valence-electron chi connectivity index (χ0n) is 16.8. The molecule has 10 heteroatoms. The van der Waals surface area contributed by atoms with Gasteiger partial charge in [0.2, 0.25) is 5.91 Å². The Kier molecular flexibility index (Phi) is 7.69. The molecule has 0 aliphatic carbocycles. The molecule has 7 nitrogen and oxygen atoms in total. The molecular formula is C21H21BrN4O3S2. The van der Waals surface area contributed by atoms with Gasteiger partial charge in [0, 0.05) is 16.7 Å². The lowest BCUT2D eigenvalue weighted by Crippen LogP contribution is -2.15. The summed E-state index contributed by atoms with van der Waals surface area (Å²) in [5.74, 6) is -0.0795. The lowest BCUT2D eigenvalue weighted by atomic mass is 10.2. The van der Waals surface area contributed by atoms with Gasteiger partial charge in [0.05, 0.1) is 10.6 Å². The maximum absolute atomic E-state index is 12.8. The van der Waals surface area contributed by atoms with Crippen LogP contribution < -0.4 is 5.32 Å². The molecule has 162 valence electrons. The molecular weight excluding hydrogens is 500 g/mol. The van der Waals surface area contributed by atoms with Crippen LogP contribution in [-0.4, -0.2) is 34.8 Å². The summed E-state index contributed by atoms with van der Waals surface area (Å²) in [6, 6.07) is 13.9. The molecule has 2 aromatic carbocycles. The van der Waals surface area contributed by atoms with Crippen molar-refractivity contribution in [1.82, 2.24) is 14.8 Å². The monoisotopic (exact) mass is 520 g/mol. The maximum Gasteiger partial charge on any atom is 0.234 e. The second-order valence-electron chi connectivity index (χ2n) is 6.71. The first-order valence-electron chi connectivity index (χ1n) is 9.29. The third-order valence-corrected chi connectivity index (χ3v) is 7.39. The normalized spacial score (nSPS) is 11.3. The molecule has 1 N–H and O–H groups in total.